The topological polar surface area (TPSA) is 39.7 Å². The first-order valence-corrected chi connectivity index (χ1v) is 24.0. The van der Waals surface area contributed by atoms with Gasteiger partial charge in [0.25, 0.3) is 0 Å². The summed E-state index contributed by atoms with van der Waals surface area (Å²) in [6, 6.07) is 6.39. The molecule has 1 aromatic rings. The molecule has 1 atom stereocenters. The molecular formula is C20H43NO3Si4. The zero-order valence-corrected chi connectivity index (χ0v) is 24.2. The van der Waals surface area contributed by atoms with Crippen molar-refractivity contribution in [3.63, 3.8) is 0 Å². The Morgan fingerprint density at radius 2 is 1.21 bits per heavy atom. The van der Waals surface area contributed by atoms with Gasteiger partial charge >= 0.3 is 0 Å². The SMILES string of the molecule is C[Si](C)(C)NC[C@H](O[Si](C)(C)C)c1ccc(O[Si](C)(C)C)c(O[Si](C)(C)C)c1. The van der Waals surface area contributed by atoms with Crippen LogP contribution in [0.2, 0.25) is 78.6 Å². The maximum absolute atomic E-state index is 6.57. The number of rotatable bonds is 10. The Balaban J connectivity index is 3.30. The molecule has 1 N–H and O–H groups in total. The van der Waals surface area contributed by atoms with Gasteiger partial charge < -0.3 is 18.3 Å². The number of benzene rings is 1. The third-order valence-corrected chi connectivity index (χ3v) is 7.41. The molecule has 0 bridgehead atoms. The van der Waals surface area contributed by atoms with Gasteiger partial charge in [0.1, 0.15) is 19.7 Å². The predicted octanol–water partition coefficient (Wildman–Crippen LogP) is 6.43. The summed E-state index contributed by atoms with van der Waals surface area (Å²) in [6.45, 7) is 27.8. The van der Waals surface area contributed by atoms with Crippen molar-refractivity contribution in [2.24, 2.45) is 0 Å². The minimum atomic E-state index is -1.76. The van der Waals surface area contributed by atoms with Crippen molar-refractivity contribution in [1.29, 1.82) is 0 Å². The van der Waals surface area contributed by atoms with Crippen LogP contribution in [0.25, 0.3) is 0 Å². The van der Waals surface area contributed by atoms with Crippen molar-refractivity contribution >= 4 is 33.2 Å². The van der Waals surface area contributed by atoms with Gasteiger partial charge in [0.2, 0.25) is 16.6 Å². The van der Waals surface area contributed by atoms with E-state index in [1.807, 2.05) is 0 Å². The van der Waals surface area contributed by atoms with E-state index in [-0.39, 0.29) is 6.10 Å². The smallest absolute Gasteiger partial charge is 0.242 e. The third kappa shape index (κ3) is 11.0. The van der Waals surface area contributed by atoms with Crippen LogP contribution in [0.15, 0.2) is 18.2 Å². The Morgan fingerprint density at radius 1 is 0.714 bits per heavy atom. The lowest BCUT2D eigenvalue weighted by atomic mass is 10.1. The van der Waals surface area contributed by atoms with Crippen LogP contribution in [0, 0.1) is 0 Å². The van der Waals surface area contributed by atoms with E-state index in [0.29, 0.717) is 0 Å². The molecule has 4 nitrogen and oxygen atoms in total. The predicted molar refractivity (Wildman–Crippen MR) is 133 cm³/mol. The molecule has 0 fully saturated rings. The van der Waals surface area contributed by atoms with Crippen molar-refractivity contribution in [2.75, 3.05) is 6.54 Å². The highest BCUT2D eigenvalue weighted by Gasteiger charge is 2.27. The molecule has 0 heterocycles. The second-order valence-corrected chi connectivity index (χ2v) is 29.7. The van der Waals surface area contributed by atoms with Crippen molar-refractivity contribution in [2.45, 2.75) is 84.7 Å². The van der Waals surface area contributed by atoms with Crippen molar-refractivity contribution in [3.05, 3.63) is 23.8 Å². The molecule has 0 unspecified atom stereocenters. The molecule has 0 aliphatic rings. The lowest BCUT2D eigenvalue weighted by Crippen LogP contribution is -2.45. The highest BCUT2D eigenvalue weighted by atomic mass is 28.4. The average molecular weight is 458 g/mol. The van der Waals surface area contributed by atoms with Gasteiger partial charge in [-0.3, -0.25) is 0 Å². The van der Waals surface area contributed by atoms with Crippen LogP contribution in [0.1, 0.15) is 11.7 Å². The molecule has 0 saturated heterocycles. The van der Waals surface area contributed by atoms with E-state index in [4.69, 9.17) is 13.3 Å². The van der Waals surface area contributed by atoms with Gasteiger partial charge in [0, 0.05) is 6.54 Å². The Hall–Kier alpha value is -0.392. The molecule has 0 radical (unpaired) electrons. The molecule has 0 aromatic heterocycles. The second-order valence-electron chi connectivity index (χ2n) is 11.5. The average Bonchev–Trinajstić information content (AvgIpc) is 2.40. The maximum atomic E-state index is 6.57. The van der Waals surface area contributed by atoms with Gasteiger partial charge in [-0.25, -0.2) is 0 Å². The van der Waals surface area contributed by atoms with Crippen LogP contribution in [-0.4, -0.2) is 39.7 Å². The van der Waals surface area contributed by atoms with E-state index in [1.165, 1.54) is 5.56 Å². The highest BCUT2D eigenvalue weighted by Crippen LogP contribution is 2.35. The van der Waals surface area contributed by atoms with E-state index >= 15 is 0 Å². The first kappa shape index (κ1) is 25.6. The van der Waals surface area contributed by atoms with Crippen LogP contribution in [0.5, 0.6) is 11.5 Å². The minimum absolute atomic E-state index is 0.0308. The summed E-state index contributed by atoms with van der Waals surface area (Å²) in [5.74, 6) is 1.74. The Labute approximate surface area is 177 Å². The van der Waals surface area contributed by atoms with Crippen molar-refractivity contribution < 1.29 is 13.3 Å². The standard InChI is InChI=1S/C20H43NO3Si4/c1-25(2,3)21-16-20(24-28(10,11)12)17-13-14-18(22-26(4,5)6)19(15-17)23-27(7,8)9/h13-15,20-21H,16H2,1-12H3/t20-/m0/s1. The third-order valence-electron chi connectivity index (χ3n) is 3.49. The number of hydrogen-bond donors (Lipinski definition) is 1. The fourth-order valence-corrected chi connectivity index (χ4v) is 6.12. The number of hydrogen-bond acceptors (Lipinski definition) is 4. The molecule has 0 amide bonds. The summed E-state index contributed by atoms with van der Waals surface area (Å²) in [5.41, 5.74) is 1.17. The lowest BCUT2D eigenvalue weighted by molar-refractivity contribution is 0.200. The van der Waals surface area contributed by atoms with E-state index < -0.39 is 33.2 Å². The van der Waals surface area contributed by atoms with Crippen LogP contribution < -0.4 is 13.8 Å². The first-order valence-electron chi connectivity index (χ1n) is 10.3. The monoisotopic (exact) mass is 457 g/mol. The summed E-state index contributed by atoms with van der Waals surface area (Å²) in [5, 5.41) is 0. The van der Waals surface area contributed by atoms with Gasteiger partial charge in [-0.05, 0) is 76.6 Å². The quantitative estimate of drug-likeness (QED) is 0.411. The van der Waals surface area contributed by atoms with E-state index in [9.17, 15) is 0 Å². The van der Waals surface area contributed by atoms with Gasteiger partial charge in [-0.15, -0.1) is 0 Å². The molecule has 0 saturated carbocycles. The second kappa shape index (κ2) is 9.18. The fourth-order valence-electron chi connectivity index (χ4n) is 2.60. The molecule has 0 aliphatic heterocycles. The van der Waals surface area contributed by atoms with Crippen LogP contribution >= 0.6 is 0 Å². The van der Waals surface area contributed by atoms with Crippen LogP contribution in [0.4, 0.5) is 0 Å². The van der Waals surface area contributed by atoms with E-state index in [1.54, 1.807) is 0 Å². The zero-order valence-electron chi connectivity index (χ0n) is 20.2. The molecule has 0 aliphatic carbocycles. The lowest BCUT2D eigenvalue weighted by Gasteiger charge is -2.31. The number of nitrogens with one attached hydrogen (secondary N) is 1. The van der Waals surface area contributed by atoms with Gasteiger partial charge in [-0.1, -0.05) is 25.7 Å². The van der Waals surface area contributed by atoms with Crippen molar-refractivity contribution in [3.8, 4) is 11.5 Å². The van der Waals surface area contributed by atoms with Gasteiger partial charge in [0.05, 0.1) is 6.10 Å². The van der Waals surface area contributed by atoms with Gasteiger partial charge in [0.15, 0.2) is 8.32 Å². The first-order chi connectivity index (χ1) is 12.3. The molecule has 28 heavy (non-hydrogen) atoms. The Morgan fingerprint density at radius 3 is 1.64 bits per heavy atom. The Kier molecular flexibility index (Phi) is 8.40. The van der Waals surface area contributed by atoms with Crippen molar-refractivity contribution in [1.82, 2.24) is 4.98 Å². The molecule has 0 spiro atoms. The summed E-state index contributed by atoms with van der Waals surface area (Å²) in [6.07, 6.45) is 0.0308. The molecule has 1 aromatic carbocycles. The summed E-state index contributed by atoms with van der Waals surface area (Å²) in [4.78, 5) is 3.74. The summed E-state index contributed by atoms with van der Waals surface area (Å²) >= 11 is 0. The van der Waals surface area contributed by atoms with E-state index in [2.05, 4.69) is 102 Å². The normalized spacial score (nSPS) is 14.7. The highest BCUT2D eigenvalue weighted by molar-refractivity contribution is 6.73. The maximum Gasteiger partial charge on any atom is 0.242 e. The zero-order chi connectivity index (χ0) is 22.0. The Bertz CT molecular complexity index is 641. The van der Waals surface area contributed by atoms with Gasteiger partial charge in [-0.2, -0.15) is 0 Å². The van der Waals surface area contributed by atoms with Crippen LogP contribution in [0.3, 0.4) is 0 Å². The molecule has 162 valence electrons. The minimum Gasteiger partial charge on any atom is -0.542 e. The largest absolute Gasteiger partial charge is 0.542 e. The molecule has 8 heteroatoms. The fraction of sp³-hybridized carbons (Fsp3) is 0.700. The summed E-state index contributed by atoms with van der Waals surface area (Å²) in [7, 11) is -6.56. The van der Waals surface area contributed by atoms with E-state index in [0.717, 1.165) is 18.0 Å². The van der Waals surface area contributed by atoms with Crippen LogP contribution in [-0.2, 0) is 4.43 Å². The summed E-state index contributed by atoms with van der Waals surface area (Å²) < 4.78 is 19.3. The molecule has 1 rings (SSSR count). The molecular weight excluding hydrogens is 415 g/mol.